The first-order valence-electron chi connectivity index (χ1n) is 4.89. The first-order chi connectivity index (χ1) is 7.18. The lowest BCUT2D eigenvalue weighted by atomic mass is 10.2. The highest BCUT2D eigenvalue weighted by atomic mass is 35.5. The normalized spacial score (nSPS) is 18.1. The molecule has 2 rings (SSSR count). The molecule has 1 fully saturated rings. The minimum Gasteiger partial charge on any atom is -0.452 e. The molecule has 82 valence electrons. The number of carbonyl (C=O) groups excluding carboxylic acids is 1. The Morgan fingerprint density at radius 3 is 2.60 bits per heavy atom. The molecule has 1 aliphatic rings. The third-order valence-electron chi connectivity index (χ3n) is 2.64. The number of nitrogens with zero attached hydrogens (tertiary/aromatic N) is 2. The Bertz CT molecular complexity index is 356. The molecule has 1 amide bonds. The summed E-state index contributed by atoms with van der Waals surface area (Å²) < 4.78 is 4.91. The fourth-order valence-corrected chi connectivity index (χ4v) is 1.82. The highest BCUT2D eigenvalue weighted by Crippen LogP contribution is 2.19. The zero-order valence-electron chi connectivity index (χ0n) is 8.57. The second kappa shape index (κ2) is 4.24. The Morgan fingerprint density at radius 1 is 1.40 bits per heavy atom. The molecule has 0 atom stereocenters. The van der Waals surface area contributed by atoms with Crippen LogP contribution in [0.15, 0.2) is 16.7 Å². The van der Waals surface area contributed by atoms with Crippen molar-refractivity contribution in [3.8, 4) is 0 Å². The van der Waals surface area contributed by atoms with E-state index in [1.54, 1.807) is 11.0 Å². The van der Waals surface area contributed by atoms with E-state index in [1.165, 1.54) is 6.26 Å². The van der Waals surface area contributed by atoms with E-state index in [0.29, 0.717) is 5.56 Å². The van der Waals surface area contributed by atoms with Crippen LogP contribution in [-0.4, -0.2) is 48.9 Å². The molecular weight excluding hydrogens is 216 g/mol. The molecule has 0 bridgehead atoms. The van der Waals surface area contributed by atoms with E-state index in [0.717, 1.165) is 26.2 Å². The van der Waals surface area contributed by atoms with E-state index in [9.17, 15) is 4.79 Å². The summed E-state index contributed by atoms with van der Waals surface area (Å²) in [5.41, 5.74) is 0.459. The van der Waals surface area contributed by atoms with E-state index >= 15 is 0 Å². The zero-order chi connectivity index (χ0) is 10.8. The van der Waals surface area contributed by atoms with Crippen molar-refractivity contribution in [3.05, 3.63) is 23.1 Å². The molecule has 0 aliphatic carbocycles. The van der Waals surface area contributed by atoms with Gasteiger partial charge in [-0.15, -0.1) is 0 Å². The number of likely N-dealkylation sites (N-methyl/N-ethyl adjacent to an activating group) is 1. The number of amides is 1. The monoisotopic (exact) mass is 228 g/mol. The minimum atomic E-state index is -0.0400. The number of furan rings is 1. The minimum absolute atomic E-state index is 0.0400. The van der Waals surface area contributed by atoms with Crippen LogP contribution < -0.4 is 0 Å². The van der Waals surface area contributed by atoms with Crippen LogP contribution in [-0.2, 0) is 0 Å². The van der Waals surface area contributed by atoms with Crippen LogP contribution in [0.25, 0.3) is 0 Å². The predicted molar refractivity (Wildman–Crippen MR) is 57.1 cm³/mol. The fourth-order valence-electron chi connectivity index (χ4n) is 1.63. The van der Waals surface area contributed by atoms with Crippen molar-refractivity contribution in [2.45, 2.75) is 0 Å². The maximum absolute atomic E-state index is 12.0. The SMILES string of the molecule is CN1CCN(C(=O)c2ccoc2Cl)CC1. The fraction of sp³-hybridized carbons (Fsp3) is 0.500. The van der Waals surface area contributed by atoms with Crippen LogP contribution in [0.3, 0.4) is 0 Å². The van der Waals surface area contributed by atoms with Gasteiger partial charge in [-0.05, 0) is 24.7 Å². The standard InChI is InChI=1S/C10H13ClN2O2/c1-12-3-5-13(6-4-12)10(14)8-2-7-15-9(8)11/h2,7H,3-6H2,1H3. The molecule has 0 N–H and O–H groups in total. The van der Waals surface area contributed by atoms with E-state index in [4.69, 9.17) is 16.0 Å². The summed E-state index contributed by atoms with van der Waals surface area (Å²) in [6, 6.07) is 1.61. The molecule has 0 unspecified atom stereocenters. The van der Waals surface area contributed by atoms with E-state index in [-0.39, 0.29) is 11.1 Å². The van der Waals surface area contributed by atoms with Crippen molar-refractivity contribution >= 4 is 17.5 Å². The molecule has 1 aromatic rings. The van der Waals surface area contributed by atoms with Crippen LogP contribution in [0.2, 0.25) is 5.22 Å². The van der Waals surface area contributed by atoms with Crippen LogP contribution >= 0.6 is 11.6 Å². The first kappa shape index (κ1) is 10.5. The van der Waals surface area contributed by atoms with E-state index in [2.05, 4.69) is 4.90 Å². The third-order valence-corrected chi connectivity index (χ3v) is 2.93. The van der Waals surface area contributed by atoms with Gasteiger partial charge in [0.15, 0.2) is 0 Å². The van der Waals surface area contributed by atoms with Gasteiger partial charge in [-0.3, -0.25) is 4.79 Å². The average molecular weight is 229 g/mol. The Hall–Kier alpha value is -1.00. The second-order valence-electron chi connectivity index (χ2n) is 3.70. The molecular formula is C10H13ClN2O2. The van der Waals surface area contributed by atoms with Crippen molar-refractivity contribution in [2.75, 3.05) is 33.2 Å². The Morgan fingerprint density at radius 2 is 2.07 bits per heavy atom. The molecule has 4 nitrogen and oxygen atoms in total. The molecule has 1 saturated heterocycles. The summed E-state index contributed by atoms with van der Waals surface area (Å²) in [5.74, 6) is -0.0400. The molecule has 0 saturated carbocycles. The van der Waals surface area contributed by atoms with Crippen LogP contribution in [0, 0.1) is 0 Å². The maximum atomic E-state index is 12.0. The van der Waals surface area contributed by atoms with Crippen LogP contribution in [0.4, 0.5) is 0 Å². The largest absolute Gasteiger partial charge is 0.452 e. The third kappa shape index (κ3) is 2.16. The van der Waals surface area contributed by atoms with Crippen molar-refractivity contribution in [1.29, 1.82) is 0 Å². The highest BCUT2D eigenvalue weighted by Gasteiger charge is 2.23. The van der Waals surface area contributed by atoms with Gasteiger partial charge in [0.2, 0.25) is 5.22 Å². The summed E-state index contributed by atoms with van der Waals surface area (Å²) in [5, 5.41) is 0.180. The molecule has 1 aliphatic heterocycles. The van der Waals surface area contributed by atoms with Crippen molar-refractivity contribution in [3.63, 3.8) is 0 Å². The molecule has 5 heteroatoms. The summed E-state index contributed by atoms with van der Waals surface area (Å²) in [7, 11) is 2.05. The van der Waals surface area contributed by atoms with Gasteiger partial charge in [-0.2, -0.15) is 0 Å². The van der Waals surface area contributed by atoms with Crippen molar-refractivity contribution in [2.24, 2.45) is 0 Å². The van der Waals surface area contributed by atoms with Crippen LogP contribution in [0.5, 0.6) is 0 Å². The number of piperazine rings is 1. The molecule has 0 aromatic carbocycles. The van der Waals surface area contributed by atoms with Gasteiger partial charge in [0.05, 0.1) is 11.8 Å². The van der Waals surface area contributed by atoms with Gasteiger partial charge in [0, 0.05) is 26.2 Å². The van der Waals surface area contributed by atoms with Gasteiger partial charge >= 0.3 is 0 Å². The topological polar surface area (TPSA) is 36.7 Å². The molecule has 0 spiro atoms. The van der Waals surface area contributed by atoms with Gasteiger partial charge < -0.3 is 14.2 Å². The predicted octanol–water partition coefficient (Wildman–Crippen LogP) is 1.32. The Kier molecular flexibility index (Phi) is 2.98. The second-order valence-corrected chi connectivity index (χ2v) is 4.05. The maximum Gasteiger partial charge on any atom is 0.258 e. The Labute approximate surface area is 93.4 Å². The smallest absolute Gasteiger partial charge is 0.258 e. The lowest BCUT2D eigenvalue weighted by molar-refractivity contribution is 0.0663. The number of carbonyl (C=O) groups is 1. The lowest BCUT2D eigenvalue weighted by Gasteiger charge is -2.32. The summed E-state index contributed by atoms with van der Waals surface area (Å²) in [6.45, 7) is 3.30. The lowest BCUT2D eigenvalue weighted by Crippen LogP contribution is -2.47. The van der Waals surface area contributed by atoms with Crippen molar-refractivity contribution < 1.29 is 9.21 Å². The molecule has 1 aromatic heterocycles. The molecule has 0 radical (unpaired) electrons. The summed E-state index contributed by atoms with van der Waals surface area (Å²) in [6.07, 6.45) is 1.44. The van der Waals surface area contributed by atoms with Gasteiger partial charge in [-0.25, -0.2) is 0 Å². The van der Waals surface area contributed by atoms with Gasteiger partial charge in [-0.1, -0.05) is 0 Å². The van der Waals surface area contributed by atoms with Gasteiger partial charge in [0.25, 0.3) is 5.91 Å². The average Bonchev–Trinajstić information content (AvgIpc) is 2.65. The zero-order valence-corrected chi connectivity index (χ0v) is 9.33. The van der Waals surface area contributed by atoms with Crippen molar-refractivity contribution in [1.82, 2.24) is 9.80 Å². The number of hydrogen-bond acceptors (Lipinski definition) is 3. The number of halogens is 1. The summed E-state index contributed by atoms with van der Waals surface area (Å²) >= 11 is 5.76. The quantitative estimate of drug-likeness (QED) is 0.728. The summed E-state index contributed by atoms with van der Waals surface area (Å²) in [4.78, 5) is 15.9. The van der Waals surface area contributed by atoms with Gasteiger partial charge in [0.1, 0.15) is 0 Å². The first-order valence-corrected chi connectivity index (χ1v) is 5.27. The van der Waals surface area contributed by atoms with Crippen LogP contribution in [0.1, 0.15) is 10.4 Å². The number of rotatable bonds is 1. The molecule has 15 heavy (non-hydrogen) atoms. The highest BCUT2D eigenvalue weighted by molar-refractivity contribution is 6.32. The number of hydrogen-bond donors (Lipinski definition) is 0. The Balaban J connectivity index is 2.06. The van der Waals surface area contributed by atoms with E-state index in [1.807, 2.05) is 7.05 Å². The van der Waals surface area contributed by atoms with E-state index < -0.39 is 0 Å². The molecule has 2 heterocycles.